The molecule has 0 bridgehead atoms. The fourth-order valence-electron chi connectivity index (χ4n) is 1.61. The lowest BCUT2D eigenvalue weighted by molar-refractivity contribution is -0.145. The first-order valence-corrected chi connectivity index (χ1v) is 8.83. The summed E-state index contributed by atoms with van der Waals surface area (Å²) in [5, 5.41) is 0. The fraction of sp³-hybridized carbons (Fsp3) is 0.600. The predicted molar refractivity (Wildman–Crippen MR) is 85.4 cm³/mol. The Morgan fingerprint density at radius 2 is 2.14 bits per heavy atom. The highest BCUT2D eigenvalue weighted by molar-refractivity contribution is 7.84. The molecule has 0 aromatic carbocycles. The summed E-state index contributed by atoms with van der Waals surface area (Å²) in [5.41, 5.74) is 0.241. The van der Waals surface area contributed by atoms with Crippen molar-refractivity contribution in [3.8, 4) is 5.75 Å². The van der Waals surface area contributed by atoms with Crippen LogP contribution in [-0.4, -0.2) is 33.6 Å². The highest BCUT2D eigenvalue weighted by Gasteiger charge is 2.13. The zero-order valence-electron chi connectivity index (χ0n) is 13.2. The molecule has 1 aromatic heterocycles. The van der Waals surface area contributed by atoms with Gasteiger partial charge in [-0.25, -0.2) is 0 Å². The predicted octanol–water partition coefficient (Wildman–Crippen LogP) is 1.75. The van der Waals surface area contributed by atoms with Gasteiger partial charge in [0.25, 0.3) is 0 Å². The second-order valence-electron chi connectivity index (χ2n) is 4.97. The maximum Gasteiger partial charge on any atom is 0.318 e. The maximum absolute atomic E-state index is 11.9. The lowest BCUT2D eigenvalue weighted by Gasteiger charge is -2.10. The second-order valence-corrected chi connectivity index (χ2v) is 6.43. The van der Waals surface area contributed by atoms with Crippen LogP contribution in [-0.2, 0) is 26.1 Å². The Bertz CT molecular complexity index is 569. The van der Waals surface area contributed by atoms with Crippen molar-refractivity contribution >= 4 is 16.8 Å². The number of aromatic amines is 1. The van der Waals surface area contributed by atoms with Gasteiger partial charge in [0, 0.05) is 28.8 Å². The van der Waals surface area contributed by atoms with E-state index < -0.39 is 16.8 Å². The summed E-state index contributed by atoms with van der Waals surface area (Å²) in [6.07, 6.45) is 2.80. The molecule has 0 aliphatic carbocycles. The minimum absolute atomic E-state index is 0.0961. The van der Waals surface area contributed by atoms with E-state index in [0.29, 0.717) is 18.7 Å². The summed E-state index contributed by atoms with van der Waals surface area (Å²) in [6.45, 7) is 6.11. The van der Waals surface area contributed by atoms with Crippen LogP contribution in [0.4, 0.5) is 0 Å². The van der Waals surface area contributed by atoms with Crippen LogP contribution in [0.15, 0.2) is 17.1 Å². The van der Waals surface area contributed by atoms with Gasteiger partial charge in [0.05, 0.1) is 18.5 Å². The van der Waals surface area contributed by atoms with Crippen LogP contribution in [0.1, 0.15) is 39.3 Å². The molecule has 124 valence electrons. The molecule has 0 saturated carbocycles. The van der Waals surface area contributed by atoms with E-state index in [-0.39, 0.29) is 28.8 Å². The molecular formula is C15H23NO5S. The highest BCUT2D eigenvalue weighted by Crippen LogP contribution is 2.05. The monoisotopic (exact) mass is 329 g/mol. The molecule has 1 aromatic rings. The molecule has 6 nitrogen and oxygen atoms in total. The van der Waals surface area contributed by atoms with Gasteiger partial charge < -0.3 is 14.5 Å². The summed E-state index contributed by atoms with van der Waals surface area (Å²) >= 11 is 0. The van der Waals surface area contributed by atoms with Gasteiger partial charge in [-0.1, -0.05) is 13.8 Å². The van der Waals surface area contributed by atoms with Crippen molar-refractivity contribution in [2.24, 2.45) is 0 Å². The number of hydrogen-bond donors (Lipinski definition) is 1. The first kappa shape index (κ1) is 18.4. The van der Waals surface area contributed by atoms with E-state index in [4.69, 9.17) is 9.47 Å². The van der Waals surface area contributed by atoms with Gasteiger partial charge >= 0.3 is 5.97 Å². The van der Waals surface area contributed by atoms with Crippen LogP contribution >= 0.6 is 0 Å². The van der Waals surface area contributed by atoms with Crippen molar-refractivity contribution in [1.29, 1.82) is 0 Å². The average Bonchev–Trinajstić information content (AvgIpc) is 2.45. The Kier molecular flexibility index (Phi) is 7.87. The molecule has 0 saturated heterocycles. The van der Waals surface area contributed by atoms with Crippen molar-refractivity contribution in [3.63, 3.8) is 0 Å². The van der Waals surface area contributed by atoms with E-state index in [0.717, 1.165) is 6.42 Å². The number of rotatable bonds is 9. The zero-order chi connectivity index (χ0) is 16.5. The van der Waals surface area contributed by atoms with Crippen LogP contribution in [0.5, 0.6) is 5.75 Å². The summed E-state index contributed by atoms with van der Waals surface area (Å²) in [5.74, 6) is -0.329. The molecule has 22 heavy (non-hydrogen) atoms. The van der Waals surface area contributed by atoms with Crippen molar-refractivity contribution in [2.45, 2.75) is 45.5 Å². The smallest absolute Gasteiger partial charge is 0.318 e. The van der Waals surface area contributed by atoms with Gasteiger partial charge in [-0.05, 0) is 19.8 Å². The van der Waals surface area contributed by atoms with Crippen LogP contribution in [0.25, 0.3) is 0 Å². The minimum Gasteiger partial charge on any atom is -0.488 e. The third kappa shape index (κ3) is 6.43. The number of carbonyl (C=O) groups excluding carboxylic acids is 1. The Hall–Kier alpha value is -1.63. The fourth-order valence-corrected chi connectivity index (χ4v) is 2.55. The first-order valence-electron chi connectivity index (χ1n) is 7.35. The standard InChI is InChI=1S/C15H23NO5S/c1-4-6-20-14-8-16-12(7-13(14)17)9-22(19)10-15(18)21-11(3)5-2/h7-8,11H,4-6,9-10H2,1-3H3,(H,16,17). The van der Waals surface area contributed by atoms with Gasteiger partial charge in [-0.2, -0.15) is 0 Å². The normalized spacial score (nSPS) is 13.4. The quantitative estimate of drug-likeness (QED) is 0.698. The van der Waals surface area contributed by atoms with Gasteiger partial charge in [0.15, 0.2) is 5.75 Å². The van der Waals surface area contributed by atoms with Crippen molar-refractivity contribution in [3.05, 3.63) is 28.2 Å². The lowest BCUT2D eigenvalue weighted by Crippen LogP contribution is -2.20. The molecule has 0 aliphatic heterocycles. The minimum atomic E-state index is -1.43. The molecule has 1 rings (SSSR count). The van der Waals surface area contributed by atoms with Crippen molar-refractivity contribution in [1.82, 2.24) is 4.98 Å². The number of H-pyrrole nitrogens is 1. The molecule has 0 aliphatic rings. The van der Waals surface area contributed by atoms with Crippen LogP contribution in [0.3, 0.4) is 0 Å². The molecule has 2 atom stereocenters. The Balaban J connectivity index is 2.56. The van der Waals surface area contributed by atoms with E-state index in [1.165, 1.54) is 12.3 Å². The molecule has 0 spiro atoms. The molecular weight excluding hydrogens is 306 g/mol. The van der Waals surface area contributed by atoms with Crippen molar-refractivity contribution < 1.29 is 18.5 Å². The molecule has 0 radical (unpaired) electrons. The van der Waals surface area contributed by atoms with E-state index in [9.17, 15) is 13.8 Å². The Morgan fingerprint density at radius 3 is 2.73 bits per heavy atom. The zero-order valence-corrected chi connectivity index (χ0v) is 14.0. The largest absolute Gasteiger partial charge is 0.488 e. The number of ether oxygens (including phenoxy) is 2. The number of aromatic nitrogens is 1. The second kappa shape index (κ2) is 9.40. The molecule has 1 heterocycles. The van der Waals surface area contributed by atoms with Crippen LogP contribution in [0.2, 0.25) is 0 Å². The summed E-state index contributed by atoms with van der Waals surface area (Å²) in [6, 6.07) is 1.35. The lowest BCUT2D eigenvalue weighted by atomic mass is 10.3. The molecule has 0 fully saturated rings. The summed E-state index contributed by atoms with van der Waals surface area (Å²) < 4.78 is 22.3. The van der Waals surface area contributed by atoms with Gasteiger partial charge in [0.1, 0.15) is 5.75 Å². The van der Waals surface area contributed by atoms with E-state index in [1.54, 1.807) is 6.92 Å². The van der Waals surface area contributed by atoms with E-state index in [2.05, 4.69) is 4.98 Å². The Morgan fingerprint density at radius 1 is 1.41 bits per heavy atom. The number of esters is 1. The van der Waals surface area contributed by atoms with E-state index in [1.807, 2.05) is 13.8 Å². The Labute approximate surface area is 132 Å². The van der Waals surface area contributed by atoms with Gasteiger partial charge in [-0.15, -0.1) is 0 Å². The highest BCUT2D eigenvalue weighted by atomic mass is 32.2. The topological polar surface area (TPSA) is 85.5 Å². The van der Waals surface area contributed by atoms with Crippen molar-refractivity contribution in [2.75, 3.05) is 12.4 Å². The first-order chi connectivity index (χ1) is 10.5. The number of carbonyl (C=O) groups is 1. The molecule has 2 unspecified atom stereocenters. The SMILES string of the molecule is CCCOc1c[nH]c(CS(=O)CC(=O)OC(C)CC)cc1=O. The summed E-state index contributed by atoms with van der Waals surface area (Å²) in [7, 11) is -1.43. The van der Waals surface area contributed by atoms with Crippen LogP contribution < -0.4 is 10.2 Å². The molecule has 7 heteroatoms. The number of nitrogens with one attached hydrogen (secondary N) is 1. The average molecular weight is 329 g/mol. The summed E-state index contributed by atoms with van der Waals surface area (Å²) in [4.78, 5) is 26.2. The maximum atomic E-state index is 11.9. The number of hydrogen-bond acceptors (Lipinski definition) is 5. The van der Waals surface area contributed by atoms with E-state index >= 15 is 0 Å². The molecule has 1 N–H and O–H groups in total. The van der Waals surface area contributed by atoms with Crippen LogP contribution in [0, 0.1) is 0 Å². The van der Waals surface area contributed by atoms with Gasteiger partial charge in [-0.3, -0.25) is 13.8 Å². The molecule has 0 amide bonds. The van der Waals surface area contributed by atoms with Gasteiger partial charge in [0.2, 0.25) is 5.43 Å². The third-order valence-electron chi connectivity index (χ3n) is 2.90. The number of pyridine rings is 1. The third-order valence-corrected chi connectivity index (χ3v) is 4.09.